The summed E-state index contributed by atoms with van der Waals surface area (Å²) >= 11 is 0. The standard InChI is InChI=1S/C20H24N4O2/c1-14-6-8-24(9-7-14)19-10-16(12-21-13-19)20(26)23-18-5-3-4-17(11-18)22-15(2)25/h3-5,10-14H,6-9H2,1-2H3,(H,22,25)(H,23,26). The van der Waals surface area contributed by atoms with Gasteiger partial charge in [0.25, 0.3) is 5.91 Å². The monoisotopic (exact) mass is 352 g/mol. The Kier molecular flexibility index (Phi) is 5.51. The lowest BCUT2D eigenvalue weighted by atomic mass is 9.99. The molecule has 1 aliphatic rings. The van der Waals surface area contributed by atoms with Crippen molar-refractivity contribution in [2.75, 3.05) is 28.6 Å². The number of hydrogen-bond acceptors (Lipinski definition) is 4. The lowest BCUT2D eigenvalue weighted by Crippen LogP contribution is -2.33. The van der Waals surface area contributed by atoms with Crippen molar-refractivity contribution in [2.24, 2.45) is 5.92 Å². The van der Waals surface area contributed by atoms with Crippen molar-refractivity contribution >= 4 is 28.9 Å². The summed E-state index contributed by atoms with van der Waals surface area (Å²) in [5.74, 6) is 0.382. The van der Waals surface area contributed by atoms with Gasteiger partial charge in [-0.1, -0.05) is 13.0 Å². The van der Waals surface area contributed by atoms with Crippen molar-refractivity contribution in [1.29, 1.82) is 0 Å². The zero-order valence-electron chi connectivity index (χ0n) is 15.2. The van der Waals surface area contributed by atoms with Crippen LogP contribution in [0.25, 0.3) is 0 Å². The number of piperidine rings is 1. The number of nitrogens with one attached hydrogen (secondary N) is 2. The summed E-state index contributed by atoms with van der Waals surface area (Å²) in [6.45, 7) is 5.71. The number of hydrogen-bond donors (Lipinski definition) is 2. The van der Waals surface area contributed by atoms with Gasteiger partial charge in [-0.2, -0.15) is 0 Å². The zero-order valence-corrected chi connectivity index (χ0v) is 15.2. The first-order chi connectivity index (χ1) is 12.5. The van der Waals surface area contributed by atoms with Crippen molar-refractivity contribution in [3.8, 4) is 0 Å². The summed E-state index contributed by atoms with van der Waals surface area (Å²) < 4.78 is 0. The first-order valence-corrected chi connectivity index (χ1v) is 8.90. The number of benzene rings is 1. The van der Waals surface area contributed by atoms with E-state index in [2.05, 4.69) is 27.4 Å². The third-order valence-electron chi connectivity index (χ3n) is 4.58. The molecule has 1 aliphatic heterocycles. The van der Waals surface area contributed by atoms with Crippen LogP contribution in [0.15, 0.2) is 42.7 Å². The molecule has 0 bridgehead atoms. The van der Waals surface area contributed by atoms with Gasteiger partial charge in [0.1, 0.15) is 0 Å². The Morgan fingerprint density at radius 1 is 1.08 bits per heavy atom. The zero-order chi connectivity index (χ0) is 18.5. The summed E-state index contributed by atoms with van der Waals surface area (Å²) in [4.78, 5) is 30.3. The van der Waals surface area contributed by atoms with Crippen LogP contribution in [0.3, 0.4) is 0 Å². The van der Waals surface area contributed by atoms with E-state index in [0.29, 0.717) is 16.9 Å². The van der Waals surface area contributed by atoms with E-state index in [1.807, 2.05) is 12.3 Å². The molecule has 1 fully saturated rings. The normalized spacial score (nSPS) is 14.8. The van der Waals surface area contributed by atoms with Gasteiger partial charge in [0.2, 0.25) is 5.91 Å². The maximum atomic E-state index is 12.6. The molecular formula is C20H24N4O2. The van der Waals surface area contributed by atoms with E-state index in [4.69, 9.17) is 0 Å². The van der Waals surface area contributed by atoms with Gasteiger partial charge in [-0.25, -0.2) is 0 Å². The highest BCUT2D eigenvalue weighted by Crippen LogP contribution is 2.23. The molecule has 1 aromatic carbocycles. The van der Waals surface area contributed by atoms with Crippen molar-refractivity contribution in [3.63, 3.8) is 0 Å². The molecule has 2 aromatic rings. The second-order valence-corrected chi connectivity index (χ2v) is 6.82. The third kappa shape index (κ3) is 4.59. The van der Waals surface area contributed by atoms with Crippen molar-refractivity contribution in [1.82, 2.24) is 4.98 Å². The highest BCUT2D eigenvalue weighted by Gasteiger charge is 2.17. The van der Waals surface area contributed by atoms with Crippen LogP contribution in [0.2, 0.25) is 0 Å². The molecule has 26 heavy (non-hydrogen) atoms. The van der Waals surface area contributed by atoms with Crippen molar-refractivity contribution in [3.05, 3.63) is 48.3 Å². The molecular weight excluding hydrogens is 328 g/mol. The highest BCUT2D eigenvalue weighted by molar-refractivity contribution is 6.05. The van der Waals surface area contributed by atoms with Crippen LogP contribution in [0, 0.1) is 5.92 Å². The topological polar surface area (TPSA) is 74.3 Å². The molecule has 2 amide bonds. The van der Waals surface area contributed by atoms with Gasteiger partial charge in [0.05, 0.1) is 17.4 Å². The molecule has 0 aliphatic carbocycles. The average Bonchev–Trinajstić information content (AvgIpc) is 2.62. The molecule has 0 spiro atoms. The van der Waals surface area contributed by atoms with Crippen LogP contribution in [0.1, 0.15) is 37.0 Å². The molecule has 1 aromatic heterocycles. The fourth-order valence-electron chi connectivity index (χ4n) is 3.07. The predicted molar refractivity (Wildman–Crippen MR) is 104 cm³/mol. The molecule has 1 saturated heterocycles. The number of rotatable bonds is 4. The second kappa shape index (κ2) is 7.99. The summed E-state index contributed by atoms with van der Waals surface area (Å²) in [7, 11) is 0. The molecule has 0 unspecified atom stereocenters. The predicted octanol–water partition coefficient (Wildman–Crippen LogP) is 3.53. The first kappa shape index (κ1) is 17.9. The number of carbonyl (C=O) groups is 2. The molecule has 6 nitrogen and oxygen atoms in total. The lowest BCUT2D eigenvalue weighted by Gasteiger charge is -2.32. The fourth-order valence-corrected chi connectivity index (χ4v) is 3.07. The summed E-state index contributed by atoms with van der Waals surface area (Å²) in [6, 6.07) is 8.95. The van der Waals surface area contributed by atoms with Crippen LogP contribution in [0.5, 0.6) is 0 Å². The van der Waals surface area contributed by atoms with Gasteiger partial charge >= 0.3 is 0 Å². The Morgan fingerprint density at radius 2 is 1.77 bits per heavy atom. The molecule has 2 heterocycles. The van der Waals surface area contributed by atoms with E-state index < -0.39 is 0 Å². The number of nitrogens with zero attached hydrogens (tertiary/aromatic N) is 2. The molecule has 0 saturated carbocycles. The molecule has 136 valence electrons. The first-order valence-electron chi connectivity index (χ1n) is 8.90. The summed E-state index contributed by atoms with van der Waals surface area (Å²) in [5, 5.41) is 5.56. The van der Waals surface area contributed by atoms with Gasteiger partial charge in [0.15, 0.2) is 0 Å². The molecule has 2 N–H and O–H groups in total. The van der Waals surface area contributed by atoms with Crippen LogP contribution >= 0.6 is 0 Å². The Labute approximate surface area is 153 Å². The SMILES string of the molecule is CC(=O)Nc1cccc(NC(=O)c2cncc(N3CCC(C)CC3)c2)c1. The van der Waals surface area contributed by atoms with E-state index >= 15 is 0 Å². The summed E-state index contributed by atoms with van der Waals surface area (Å²) in [6.07, 6.45) is 5.70. The number of aromatic nitrogens is 1. The van der Waals surface area contributed by atoms with Crippen LogP contribution < -0.4 is 15.5 Å². The largest absolute Gasteiger partial charge is 0.370 e. The minimum absolute atomic E-state index is 0.152. The maximum Gasteiger partial charge on any atom is 0.257 e. The summed E-state index contributed by atoms with van der Waals surface area (Å²) in [5.41, 5.74) is 2.77. The van der Waals surface area contributed by atoms with Gasteiger partial charge in [-0.05, 0) is 43.0 Å². The third-order valence-corrected chi connectivity index (χ3v) is 4.58. The van der Waals surface area contributed by atoms with Crippen LogP contribution in [-0.4, -0.2) is 29.9 Å². The van der Waals surface area contributed by atoms with E-state index in [1.165, 1.54) is 6.92 Å². The van der Waals surface area contributed by atoms with Crippen molar-refractivity contribution < 1.29 is 9.59 Å². The molecule has 0 radical (unpaired) electrons. The van der Waals surface area contributed by atoms with Gasteiger partial charge in [0, 0.05) is 37.6 Å². The second-order valence-electron chi connectivity index (χ2n) is 6.82. The average molecular weight is 352 g/mol. The van der Waals surface area contributed by atoms with Gasteiger partial charge in [-0.3, -0.25) is 14.6 Å². The van der Waals surface area contributed by atoms with Gasteiger partial charge in [-0.15, -0.1) is 0 Å². The van der Waals surface area contributed by atoms with E-state index in [0.717, 1.165) is 37.5 Å². The number of carbonyl (C=O) groups excluding carboxylic acids is 2. The Bertz CT molecular complexity index is 798. The number of anilines is 3. The highest BCUT2D eigenvalue weighted by atomic mass is 16.2. The number of pyridine rings is 1. The molecule has 3 rings (SSSR count). The molecule has 0 atom stereocenters. The minimum Gasteiger partial charge on any atom is -0.370 e. The quantitative estimate of drug-likeness (QED) is 0.883. The smallest absolute Gasteiger partial charge is 0.257 e. The Morgan fingerprint density at radius 3 is 2.46 bits per heavy atom. The fraction of sp³-hybridized carbons (Fsp3) is 0.350. The van der Waals surface area contributed by atoms with Crippen molar-refractivity contribution in [2.45, 2.75) is 26.7 Å². The van der Waals surface area contributed by atoms with E-state index in [-0.39, 0.29) is 11.8 Å². The Hall–Kier alpha value is -2.89. The number of amides is 2. The van der Waals surface area contributed by atoms with E-state index in [9.17, 15) is 9.59 Å². The van der Waals surface area contributed by atoms with Gasteiger partial charge < -0.3 is 15.5 Å². The maximum absolute atomic E-state index is 12.6. The minimum atomic E-state index is -0.218. The van der Waals surface area contributed by atoms with E-state index in [1.54, 1.807) is 30.5 Å². The van der Waals surface area contributed by atoms with Crippen LogP contribution in [-0.2, 0) is 4.79 Å². The Balaban J connectivity index is 1.70. The van der Waals surface area contributed by atoms with Crippen LogP contribution in [0.4, 0.5) is 17.1 Å². The molecule has 6 heteroatoms. The lowest BCUT2D eigenvalue weighted by molar-refractivity contribution is -0.114.